The Hall–Kier alpha value is -3.93. The maximum absolute atomic E-state index is 5.36. The minimum atomic E-state index is 0.522. The first kappa shape index (κ1) is 17.5. The first-order valence-corrected chi connectivity index (χ1v) is 8.84. The van der Waals surface area contributed by atoms with Crippen molar-refractivity contribution in [3.05, 3.63) is 90.3 Å². The van der Waals surface area contributed by atoms with E-state index < -0.39 is 0 Å². The fourth-order valence-corrected chi connectivity index (χ4v) is 2.76. The van der Waals surface area contributed by atoms with Crippen LogP contribution in [0.4, 0.5) is 5.69 Å². The first-order valence-electron chi connectivity index (χ1n) is 8.84. The lowest BCUT2D eigenvalue weighted by atomic mass is 10.2. The number of imidazole rings is 1. The minimum Gasteiger partial charge on any atom is -0.496 e. The molecule has 0 atom stereocenters. The Kier molecular flexibility index (Phi) is 5.11. The highest BCUT2D eigenvalue weighted by molar-refractivity contribution is 6.00. The number of amidine groups is 1. The van der Waals surface area contributed by atoms with Crippen LogP contribution in [0.1, 0.15) is 11.4 Å². The molecule has 2 N–H and O–H groups in total. The van der Waals surface area contributed by atoms with E-state index in [1.54, 1.807) is 13.3 Å². The van der Waals surface area contributed by atoms with Crippen molar-refractivity contribution >= 4 is 28.8 Å². The summed E-state index contributed by atoms with van der Waals surface area (Å²) < 4.78 is 5.36. The lowest BCUT2D eigenvalue weighted by molar-refractivity contribution is 0.414. The number of H-pyrrole nitrogens is 1. The fraction of sp³-hybridized carbons (Fsp3) is 0.0455. The third-order valence-electron chi connectivity index (χ3n) is 4.12. The normalized spacial score (nSPS) is 11.8. The van der Waals surface area contributed by atoms with Crippen molar-refractivity contribution in [1.82, 2.24) is 15.4 Å². The summed E-state index contributed by atoms with van der Waals surface area (Å²) in [5.41, 5.74) is 6.49. The van der Waals surface area contributed by atoms with Crippen molar-refractivity contribution in [3.63, 3.8) is 0 Å². The highest BCUT2D eigenvalue weighted by Crippen LogP contribution is 2.16. The van der Waals surface area contributed by atoms with Crippen LogP contribution in [0, 0.1) is 0 Å². The van der Waals surface area contributed by atoms with Gasteiger partial charge in [-0.1, -0.05) is 42.5 Å². The summed E-state index contributed by atoms with van der Waals surface area (Å²) in [5, 5.41) is 4.35. The third kappa shape index (κ3) is 3.91. The summed E-state index contributed by atoms with van der Waals surface area (Å²) >= 11 is 0. The molecule has 0 radical (unpaired) electrons. The lowest BCUT2D eigenvalue weighted by Gasteiger charge is -2.05. The number of methoxy groups -OCH3 is 1. The van der Waals surface area contributed by atoms with Crippen molar-refractivity contribution in [2.75, 3.05) is 7.11 Å². The molecular weight excluding hydrogens is 350 g/mol. The molecule has 0 aliphatic carbocycles. The molecule has 0 spiro atoms. The molecule has 0 fully saturated rings. The molecule has 0 saturated carbocycles. The van der Waals surface area contributed by atoms with Gasteiger partial charge in [0.15, 0.2) is 11.7 Å². The van der Waals surface area contributed by atoms with Crippen LogP contribution in [-0.2, 0) is 0 Å². The molecule has 0 saturated heterocycles. The second kappa shape index (κ2) is 8.18. The number of aliphatic imine (C=N–C) groups is 1. The van der Waals surface area contributed by atoms with Gasteiger partial charge in [0, 0.05) is 5.56 Å². The maximum Gasteiger partial charge on any atom is 0.190 e. The molecular formula is C22H19N5O. The van der Waals surface area contributed by atoms with Crippen molar-refractivity contribution in [2.24, 2.45) is 10.1 Å². The van der Waals surface area contributed by atoms with Gasteiger partial charge >= 0.3 is 0 Å². The maximum atomic E-state index is 5.36. The quantitative estimate of drug-likeness (QED) is 0.313. The molecule has 6 heteroatoms. The smallest absolute Gasteiger partial charge is 0.190 e. The van der Waals surface area contributed by atoms with Crippen LogP contribution < -0.4 is 10.2 Å². The van der Waals surface area contributed by atoms with Gasteiger partial charge in [0.25, 0.3) is 0 Å². The predicted octanol–water partition coefficient (Wildman–Crippen LogP) is 4.27. The van der Waals surface area contributed by atoms with Crippen LogP contribution in [-0.4, -0.2) is 29.1 Å². The van der Waals surface area contributed by atoms with E-state index in [1.165, 1.54) is 0 Å². The largest absolute Gasteiger partial charge is 0.496 e. The zero-order valence-electron chi connectivity index (χ0n) is 15.3. The molecule has 1 heterocycles. The van der Waals surface area contributed by atoms with Crippen LogP contribution in [0.2, 0.25) is 0 Å². The Balaban J connectivity index is 1.67. The van der Waals surface area contributed by atoms with Gasteiger partial charge in [-0.15, -0.1) is 0 Å². The third-order valence-corrected chi connectivity index (χ3v) is 4.12. The average molecular weight is 369 g/mol. The molecule has 1 aromatic heterocycles. The topological polar surface area (TPSA) is 74.7 Å². The SMILES string of the molecule is COc1ccccc1/C=N\NC(=Nc1ccccc1)c1nc2ccccc2[nH]1. The van der Waals surface area contributed by atoms with Gasteiger partial charge < -0.3 is 9.72 Å². The van der Waals surface area contributed by atoms with Gasteiger partial charge in [-0.25, -0.2) is 9.98 Å². The average Bonchev–Trinajstić information content (AvgIpc) is 3.18. The molecule has 4 rings (SSSR count). The summed E-state index contributed by atoms with van der Waals surface area (Å²) in [6.07, 6.45) is 1.70. The number of hydrazone groups is 1. The van der Waals surface area contributed by atoms with Gasteiger partial charge in [0.05, 0.1) is 30.0 Å². The van der Waals surface area contributed by atoms with E-state index >= 15 is 0 Å². The number of rotatable bonds is 5. The Bertz CT molecular complexity index is 1100. The highest BCUT2D eigenvalue weighted by Gasteiger charge is 2.09. The van der Waals surface area contributed by atoms with Crippen LogP contribution in [0.3, 0.4) is 0 Å². The van der Waals surface area contributed by atoms with Crippen LogP contribution in [0.25, 0.3) is 11.0 Å². The number of hydrogen-bond donors (Lipinski definition) is 2. The summed E-state index contributed by atoms with van der Waals surface area (Å²) in [7, 11) is 1.64. The number of para-hydroxylation sites is 4. The summed E-state index contributed by atoms with van der Waals surface area (Å²) in [6.45, 7) is 0. The monoisotopic (exact) mass is 369 g/mol. The molecule has 3 aromatic carbocycles. The molecule has 0 amide bonds. The van der Waals surface area contributed by atoms with Gasteiger partial charge in [0.2, 0.25) is 0 Å². The molecule has 28 heavy (non-hydrogen) atoms. The van der Waals surface area contributed by atoms with Crippen molar-refractivity contribution < 1.29 is 4.74 Å². The number of fused-ring (bicyclic) bond motifs is 1. The molecule has 0 aliphatic heterocycles. The molecule has 4 aromatic rings. The van der Waals surface area contributed by atoms with E-state index in [9.17, 15) is 0 Å². The minimum absolute atomic E-state index is 0.522. The van der Waals surface area contributed by atoms with E-state index in [-0.39, 0.29) is 0 Å². The molecule has 6 nitrogen and oxygen atoms in total. The standard InChI is InChI=1S/C22H19N5O/c1-28-20-14-8-5-9-16(20)15-23-27-22(24-17-10-3-2-4-11-17)21-25-18-12-6-7-13-19(18)26-21/h2-15H,1H3,(H,24,27)(H,25,26)/b23-15-. The number of nitrogens with zero attached hydrogens (tertiary/aromatic N) is 3. The van der Waals surface area contributed by atoms with E-state index in [0.717, 1.165) is 28.0 Å². The molecule has 0 unspecified atom stereocenters. The molecule has 0 bridgehead atoms. The van der Waals surface area contributed by atoms with Gasteiger partial charge in [-0.05, 0) is 36.4 Å². The van der Waals surface area contributed by atoms with E-state index in [1.807, 2.05) is 78.9 Å². The first-order chi connectivity index (χ1) is 13.8. The number of ether oxygens (including phenoxy) is 1. The van der Waals surface area contributed by atoms with Crippen LogP contribution in [0.5, 0.6) is 5.75 Å². The van der Waals surface area contributed by atoms with Crippen LogP contribution in [0.15, 0.2) is 89.0 Å². The van der Waals surface area contributed by atoms with E-state index in [2.05, 4.69) is 25.5 Å². The second-order valence-corrected chi connectivity index (χ2v) is 6.01. The molecule has 138 valence electrons. The Labute approximate surface area is 162 Å². The van der Waals surface area contributed by atoms with Crippen molar-refractivity contribution in [3.8, 4) is 5.75 Å². The number of aromatic nitrogens is 2. The number of hydrogen-bond acceptors (Lipinski definition) is 4. The zero-order valence-corrected chi connectivity index (χ0v) is 15.3. The number of benzene rings is 3. The fourth-order valence-electron chi connectivity index (χ4n) is 2.76. The van der Waals surface area contributed by atoms with Crippen molar-refractivity contribution in [2.45, 2.75) is 0 Å². The van der Waals surface area contributed by atoms with Gasteiger partial charge in [0.1, 0.15) is 5.75 Å². The van der Waals surface area contributed by atoms with Gasteiger partial charge in [-0.2, -0.15) is 5.10 Å². The number of nitrogens with one attached hydrogen (secondary N) is 2. The Morgan fingerprint density at radius 3 is 2.54 bits per heavy atom. The Morgan fingerprint density at radius 2 is 1.71 bits per heavy atom. The summed E-state index contributed by atoms with van der Waals surface area (Å²) in [5.74, 6) is 1.88. The summed E-state index contributed by atoms with van der Waals surface area (Å²) in [6, 6.07) is 25.2. The van der Waals surface area contributed by atoms with Crippen molar-refractivity contribution in [1.29, 1.82) is 0 Å². The predicted molar refractivity (Wildman–Crippen MR) is 112 cm³/mol. The zero-order chi connectivity index (χ0) is 19.2. The van der Waals surface area contributed by atoms with E-state index in [4.69, 9.17) is 4.74 Å². The summed E-state index contributed by atoms with van der Waals surface area (Å²) in [4.78, 5) is 12.6. The van der Waals surface area contributed by atoms with Crippen LogP contribution >= 0.6 is 0 Å². The number of aromatic amines is 1. The lowest BCUT2D eigenvalue weighted by Crippen LogP contribution is -2.20. The molecule has 0 aliphatic rings. The Morgan fingerprint density at radius 1 is 0.964 bits per heavy atom. The van der Waals surface area contributed by atoms with Gasteiger partial charge in [-0.3, -0.25) is 5.43 Å². The van der Waals surface area contributed by atoms with E-state index in [0.29, 0.717) is 11.7 Å². The second-order valence-electron chi connectivity index (χ2n) is 6.01. The highest BCUT2D eigenvalue weighted by atomic mass is 16.5.